The molecule has 0 unspecified atom stereocenters. The molecule has 0 amide bonds. The molecule has 0 aliphatic carbocycles. The van der Waals surface area contributed by atoms with E-state index in [4.69, 9.17) is 40.5 Å². The van der Waals surface area contributed by atoms with Crippen LogP contribution in [0, 0.1) is 5.92 Å². The normalized spacial score (nSPS) is 22.4. The molecule has 29 heavy (non-hydrogen) atoms. The third kappa shape index (κ3) is 4.43. The van der Waals surface area contributed by atoms with Gasteiger partial charge in [0.25, 0.3) is 0 Å². The molecule has 0 aromatic heterocycles. The summed E-state index contributed by atoms with van der Waals surface area (Å²) in [6.07, 6.45) is 3.66. The highest BCUT2D eigenvalue weighted by atomic mass is 35.5. The highest BCUT2D eigenvalue weighted by Crippen LogP contribution is 2.41. The second-order valence-corrected chi connectivity index (χ2v) is 8.81. The number of halogens is 2. The molecular weight excluding hydrogens is 423 g/mol. The van der Waals surface area contributed by atoms with Gasteiger partial charge in [-0.3, -0.25) is 5.01 Å². The van der Waals surface area contributed by atoms with E-state index in [1.165, 1.54) is 19.3 Å². The summed E-state index contributed by atoms with van der Waals surface area (Å²) in [5.74, 6) is 0.0947. The number of hydrazone groups is 1. The fourth-order valence-electron chi connectivity index (χ4n) is 4.02. The molecule has 0 bridgehead atoms. The highest BCUT2D eigenvalue weighted by Gasteiger charge is 2.39. The van der Waals surface area contributed by atoms with Crippen LogP contribution in [0.3, 0.4) is 0 Å². The Labute approximate surface area is 187 Å². The lowest BCUT2D eigenvalue weighted by atomic mass is 9.91. The van der Waals surface area contributed by atoms with Crippen LogP contribution in [0.2, 0.25) is 10.0 Å². The summed E-state index contributed by atoms with van der Waals surface area (Å²) < 4.78 is 0. The number of para-hydroxylation sites is 1. The molecule has 0 saturated carbocycles. The first-order valence-electron chi connectivity index (χ1n) is 9.98. The number of anilines is 1. The summed E-state index contributed by atoms with van der Waals surface area (Å²) in [5.41, 5.74) is 6.29. The second kappa shape index (κ2) is 9.00. The van der Waals surface area contributed by atoms with E-state index in [0.717, 1.165) is 30.1 Å². The van der Waals surface area contributed by atoms with Gasteiger partial charge >= 0.3 is 0 Å². The molecule has 4 rings (SSSR count). The van der Waals surface area contributed by atoms with E-state index in [0.29, 0.717) is 15.0 Å². The third-order valence-corrected chi connectivity index (χ3v) is 6.42. The van der Waals surface area contributed by atoms with Gasteiger partial charge in [-0.1, -0.05) is 73.0 Å². The van der Waals surface area contributed by atoms with Crippen molar-refractivity contribution in [2.45, 2.75) is 32.2 Å². The number of rotatable bonds is 4. The van der Waals surface area contributed by atoms with Gasteiger partial charge in [0, 0.05) is 24.0 Å². The number of hydrazine groups is 1. The van der Waals surface area contributed by atoms with E-state index in [1.54, 1.807) is 0 Å². The number of benzene rings is 2. The number of thiocarbonyl (C=S) groups is 1. The minimum absolute atomic E-state index is 0.0109. The molecule has 2 aliphatic heterocycles. The summed E-state index contributed by atoms with van der Waals surface area (Å²) in [6.45, 7) is 4.19. The van der Waals surface area contributed by atoms with Gasteiger partial charge in [0.05, 0.1) is 16.8 Å². The van der Waals surface area contributed by atoms with Gasteiger partial charge in [-0.2, -0.15) is 5.10 Å². The van der Waals surface area contributed by atoms with Crippen molar-refractivity contribution in [3.63, 3.8) is 0 Å². The minimum atomic E-state index is -0.0109. The van der Waals surface area contributed by atoms with Crippen LogP contribution in [0.4, 0.5) is 5.69 Å². The standard InChI is InChI=1S/C22H24Cl2N4S/c1-15-20(22(29)26-27-13-5-2-6-14-27)25-28(19-8-4-3-7-18(19)24)21(15)16-9-11-17(23)12-10-16/h3-4,7-12,15,21H,2,5-6,13-14H2,1H3,(H,26,29)/t15-,21-/m1/s1. The van der Waals surface area contributed by atoms with Crippen molar-refractivity contribution < 1.29 is 0 Å². The molecule has 1 saturated heterocycles. The maximum Gasteiger partial charge on any atom is 0.137 e. The predicted octanol–water partition coefficient (Wildman–Crippen LogP) is 5.86. The van der Waals surface area contributed by atoms with E-state index in [-0.39, 0.29) is 12.0 Å². The SMILES string of the molecule is C[C@@H]1C(C(=S)NN2CCCCC2)=NN(c2ccccc2Cl)[C@H]1c1ccc(Cl)cc1. The average Bonchev–Trinajstić information content (AvgIpc) is 3.07. The molecule has 7 heteroatoms. The minimum Gasteiger partial charge on any atom is -0.308 e. The summed E-state index contributed by atoms with van der Waals surface area (Å²) in [6, 6.07) is 15.7. The predicted molar refractivity (Wildman–Crippen MR) is 126 cm³/mol. The Kier molecular flexibility index (Phi) is 6.40. The molecule has 2 heterocycles. The average molecular weight is 447 g/mol. The van der Waals surface area contributed by atoms with Crippen LogP contribution in [0.5, 0.6) is 0 Å². The van der Waals surface area contributed by atoms with E-state index >= 15 is 0 Å². The lowest BCUT2D eigenvalue weighted by Gasteiger charge is -2.29. The lowest BCUT2D eigenvalue weighted by molar-refractivity contribution is 0.197. The molecule has 2 atom stereocenters. The Hall–Kier alpha value is -1.66. The van der Waals surface area contributed by atoms with Crippen molar-refractivity contribution in [3.05, 3.63) is 64.1 Å². The van der Waals surface area contributed by atoms with Gasteiger partial charge in [-0.15, -0.1) is 0 Å². The molecule has 1 fully saturated rings. The van der Waals surface area contributed by atoms with Crippen molar-refractivity contribution in [1.29, 1.82) is 0 Å². The van der Waals surface area contributed by atoms with E-state index in [1.807, 2.05) is 53.5 Å². The zero-order chi connectivity index (χ0) is 20.4. The first-order valence-corrected chi connectivity index (χ1v) is 11.1. The second-order valence-electron chi connectivity index (χ2n) is 7.55. The van der Waals surface area contributed by atoms with Crippen LogP contribution in [0.15, 0.2) is 53.6 Å². The molecule has 2 aliphatic rings. The number of hydrogen-bond acceptors (Lipinski definition) is 4. The number of nitrogens with zero attached hydrogens (tertiary/aromatic N) is 3. The Balaban J connectivity index is 1.66. The van der Waals surface area contributed by atoms with Crippen LogP contribution < -0.4 is 10.4 Å². The summed E-state index contributed by atoms with van der Waals surface area (Å²) in [5, 5.41) is 10.5. The van der Waals surface area contributed by atoms with Gasteiger partial charge in [-0.05, 0) is 42.7 Å². The van der Waals surface area contributed by atoms with Crippen LogP contribution >= 0.6 is 35.4 Å². The fraction of sp³-hybridized carbons (Fsp3) is 0.364. The van der Waals surface area contributed by atoms with Crippen LogP contribution in [-0.2, 0) is 0 Å². The van der Waals surface area contributed by atoms with Crippen LogP contribution in [-0.4, -0.2) is 28.8 Å². The van der Waals surface area contributed by atoms with Crippen molar-refractivity contribution in [1.82, 2.24) is 10.4 Å². The first kappa shape index (κ1) is 20.6. The topological polar surface area (TPSA) is 30.9 Å². The molecular formula is C22H24Cl2N4S. The van der Waals surface area contributed by atoms with Gasteiger partial charge in [0.1, 0.15) is 10.7 Å². The van der Waals surface area contributed by atoms with Crippen molar-refractivity contribution in [3.8, 4) is 0 Å². The quantitative estimate of drug-likeness (QED) is 0.595. The number of nitrogens with one attached hydrogen (secondary N) is 1. The van der Waals surface area contributed by atoms with E-state index < -0.39 is 0 Å². The van der Waals surface area contributed by atoms with Crippen molar-refractivity contribution in [2.24, 2.45) is 11.0 Å². The summed E-state index contributed by atoms with van der Waals surface area (Å²) in [7, 11) is 0. The van der Waals surface area contributed by atoms with Crippen molar-refractivity contribution >= 4 is 51.8 Å². The van der Waals surface area contributed by atoms with Gasteiger partial charge < -0.3 is 5.43 Å². The molecule has 1 N–H and O–H groups in total. The molecule has 4 nitrogen and oxygen atoms in total. The molecule has 0 spiro atoms. The maximum absolute atomic E-state index is 6.52. The molecule has 0 radical (unpaired) electrons. The van der Waals surface area contributed by atoms with Crippen LogP contribution in [0.1, 0.15) is 37.8 Å². The largest absolute Gasteiger partial charge is 0.308 e. The summed E-state index contributed by atoms with van der Waals surface area (Å²) >= 11 is 18.4. The Bertz CT molecular complexity index is 909. The number of hydrogen-bond donors (Lipinski definition) is 1. The van der Waals surface area contributed by atoms with Gasteiger partial charge in [0.15, 0.2) is 0 Å². The Morgan fingerprint density at radius 3 is 2.41 bits per heavy atom. The molecule has 2 aromatic rings. The van der Waals surface area contributed by atoms with Gasteiger partial charge in [-0.25, -0.2) is 5.01 Å². The first-order chi connectivity index (χ1) is 14.0. The monoisotopic (exact) mass is 446 g/mol. The Morgan fingerprint density at radius 1 is 1.03 bits per heavy atom. The van der Waals surface area contributed by atoms with E-state index in [9.17, 15) is 0 Å². The Morgan fingerprint density at radius 2 is 1.72 bits per heavy atom. The van der Waals surface area contributed by atoms with Crippen molar-refractivity contribution in [2.75, 3.05) is 18.1 Å². The maximum atomic E-state index is 6.52. The fourth-order valence-corrected chi connectivity index (χ4v) is 4.72. The van der Waals surface area contributed by atoms with Crippen LogP contribution in [0.25, 0.3) is 0 Å². The third-order valence-electron chi connectivity index (χ3n) is 5.54. The molecule has 152 valence electrons. The highest BCUT2D eigenvalue weighted by molar-refractivity contribution is 7.82. The summed E-state index contributed by atoms with van der Waals surface area (Å²) in [4.78, 5) is 0.688. The van der Waals surface area contributed by atoms with E-state index in [2.05, 4.69) is 17.4 Å². The molecule has 2 aromatic carbocycles. The lowest BCUT2D eigenvalue weighted by Crippen LogP contribution is -2.47. The zero-order valence-corrected chi connectivity index (χ0v) is 18.6. The number of piperidine rings is 1. The zero-order valence-electron chi connectivity index (χ0n) is 16.3. The smallest absolute Gasteiger partial charge is 0.137 e. The van der Waals surface area contributed by atoms with Gasteiger partial charge in [0.2, 0.25) is 0 Å².